The van der Waals surface area contributed by atoms with Gasteiger partial charge in [0.1, 0.15) is 30.3 Å². The molecule has 0 saturated carbocycles. The number of benzene rings is 3. The molecule has 296 valence electrons. The first kappa shape index (κ1) is 39.9. The number of rotatable bonds is 16. The second-order valence-electron chi connectivity index (χ2n) is 14.2. The smallest absolute Gasteiger partial charge is 0.410 e. The average molecular weight is 768 g/mol. The highest BCUT2D eigenvalue weighted by Gasteiger charge is 2.45. The number of para-hydroxylation sites is 2. The maximum Gasteiger partial charge on any atom is 0.410 e. The number of oxazole rings is 1. The van der Waals surface area contributed by atoms with Crippen LogP contribution in [0.15, 0.2) is 89.3 Å². The highest BCUT2D eigenvalue weighted by atomic mass is 16.6. The van der Waals surface area contributed by atoms with Gasteiger partial charge in [-0.05, 0) is 68.3 Å². The van der Waals surface area contributed by atoms with Gasteiger partial charge in [-0.2, -0.15) is 0 Å². The third kappa shape index (κ3) is 10.5. The maximum atomic E-state index is 14.6. The van der Waals surface area contributed by atoms with E-state index in [2.05, 4.69) is 15.6 Å². The van der Waals surface area contributed by atoms with Crippen molar-refractivity contribution >= 4 is 40.9 Å². The Bertz CT molecular complexity index is 1930. The molecule has 6 rings (SSSR count). The lowest BCUT2D eigenvalue weighted by Gasteiger charge is -2.29. The van der Waals surface area contributed by atoms with Gasteiger partial charge in [0.2, 0.25) is 17.6 Å². The molecule has 15 nitrogen and oxygen atoms in total. The number of aromatic nitrogens is 1. The summed E-state index contributed by atoms with van der Waals surface area (Å²) in [6.07, 6.45) is 0.307. The molecule has 6 N–H and O–H groups in total. The van der Waals surface area contributed by atoms with E-state index in [0.717, 1.165) is 11.1 Å². The molecule has 3 aromatic carbocycles. The van der Waals surface area contributed by atoms with Crippen LogP contribution in [0.4, 0.5) is 9.59 Å². The van der Waals surface area contributed by atoms with Crippen LogP contribution in [0.25, 0.3) is 11.1 Å². The predicted octanol–water partition coefficient (Wildman–Crippen LogP) is 3.69. The van der Waals surface area contributed by atoms with Gasteiger partial charge in [0.05, 0.1) is 12.6 Å². The number of likely N-dealkylation sites (tertiary alicyclic amines) is 2. The van der Waals surface area contributed by atoms with Gasteiger partial charge in [0.25, 0.3) is 5.89 Å². The lowest BCUT2D eigenvalue weighted by atomic mass is 10.0. The number of nitrogens with one attached hydrogen (secondary N) is 2. The van der Waals surface area contributed by atoms with Crippen molar-refractivity contribution < 1.29 is 37.9 Å². The van der Waals surface area contributed by atoms with Gasteiger partial charge in [0.15, 0.2) is 5.58 Å². The Morgan fingerprint density at radius 3 is 2.27 bits per heavy atom. The van der Waals surface area contributed by atoms with Gasteiger partial charge in [-0.3, -0.25) is 14.4 Å². The molecule has 0 aliphatic carbocycles. The summed E-state index contributed by atoms with van der Waals surface area (Å²) in [7, 11) is 0. The van der Waals surface area contributed by atoms with E-state index in [1.54, 1.807) is 24.3 Å². The summed E-state index contributed by atoms with van der Waals surface area (Å²) in [4.78, 5) is 76.2. The number of carbonyl (C=O) groups excluding carboxylic acids is 5. The molecule has 4 amide bonds. The maximum absolute atomic E-state index is 14.6. The van der Waals surface area contributed by atoms with Crippen LogP contribution in [0.3, 0.4) is 0 Å². The standard InChI is InChI=1S/C41H49N7O8/c42-21-10-9-16-32(36(49)38-45-31-15-7-8-17-35(31)56-38)44-37(50)34-23-30(55-41(53)47-22-20-29(43)24-47)25-48(34)39(51)33(19-18-27-11-3-1-4-12-27)46-40(52)54-26-28-13-5-2-6-14-28/h1-8,11-15,17,29-30,32-34H,9-10,16,18-26,42-43H2,(H,44,50)(H,46,52)/t29?,30-,32+,33-,34+/m1/s1. The van der Waals surface area contributed by atoms with Crippen molar-refractivity contribution in [1.29, 1.82) is 0 Å². The largest absolute Gasteiger partial charge is 0.445 e. The van der Waals surface area contributed by atoms with Crippen molar-refractivity contribution in [2.24, 2.45) is 11.5 Å². The number of ether oxygens (including phenoxy) is 2. The zero-order valence-electron chi connectivity index (χ0n) is 31.2. The number of carbonyl (C=O) groups is 5. The number of alkyl carbamates (subject to hydrolysis) is 1. The number of ketones is 1. The molecule has 2 aliphatic rings. The Kier molecular flexibility index (Phi) is 13.7. The molecule has 4 aromatic rings. The van der Waals surface area contributed by atoms with E-state index in [4.69, 9.17) is 25.4 Å². The fraction of sp³-hybridized carbons (Fsp3) is 0.415. The fourth-order valence-electron chi connectivity index (χ4n) is 7.02. The van der Waals surface area contributed by atoms with Crippen LogP contribution in [0.5, 0.6) is 0 Å². The van der Waals surface area contributed by atoms with Crippen molar-refractivity contribution in [3.63, 3.8) is 0 Å². The van der Waals surface area contributed by atoms with Gasteiger partial charge < -0.3 is 45.8 Å². The van der Waals surface area contributed by atoms with Gasteiger partial charge >= 0.3 is 12.2 Å². The summed E-state index contributed by atoms with van der Waals surface area (Å²) in [5.41, 5.74) is 14.4. The number of nitrogens with two attached hydrogens (primary N) is 2. The number of unbranched alkanes of at least 4 members (excludes halogenated alkanes) is 1. The molecule has 0 spiro atoms. The zero-order chi connectivity index (χ0) is 39.4. The Labute approximate surface area is 325 Å². The van der Waals surface area contributed by atoms with E-state index in [1.165, 1.54) is 9.80 Å². The number of hydrogen-bond donors (Lipinski definition) is 4. The molecule has 1 unspecified atom stereocenters. The molecule has 56 heavy (non-hydrogen) atoms. The van der Waals surface area contributed by atoms with Gasteiger partial charge in [-0.15, -0.1) is 0 Å². The van der Waals surface area contributed by atoms with Crippen molar-refractivity contribution in [1.82, 2.24) is 25.4 Å². The second-order valence-corrected chi connectivity index (χ2v) is 14.2. The minimum atomic E-state index is -1.16. The van der Waals surface area contributed by atoms with Crippen LogP contribution < -0.4 is 22.1 Å². The van der Waals surface area contributed by atoms with E-state index < -0.39 is 54.0 Å². The van der Waals surface area contributed by atoms with Crippen LogP contribution in [0.1, 0.15) is 60.3 Å². The third-order valence-corrected chi connectivity index (χ3v) is 10.1. The van der Waals surface area contributed by atoms with Gasteiger partial charge in [0, 0.05) is 25.6 Å². The minimum Gasteiger partial charge on any atom is -0.445 e. The van der Waals surface area contributed by atoms with E-state index in [9.17, 15) is 24.0 Å². The topological polar surface area (TPSA) is 212 Å². The molecular weight excluding hydrogens is 718 g/mol. The Morgan fingerprint density at radius 2 is 1.57 bits per heavy atom. The molecule has 15 heteroatoms. The number of fused-ring (bicyclic) bond motifs is 1. The number of nitrogens with zero attached hydrogens (tertiary/aromatic N) is 3. The molecule has 0 radical (unpaired) electrons. The Hall–Kier alpha value is -5.80. The van der Waals surface area contributed by atoms with E-state index in [0.29, 0.717) is 56.4 Å². The highest BCUT2D eigenvalue weighted by Crippen LogP contribution is 2.25. The monoisotopic (exact) mass is 767 g/mol. The van der Waals surface area contributed by atoms with E-state index in [-0.39, 0.29) is 44.3 Å². The first-order valence-electron chi connectivity index (χ1n) is 19.1. The summed E-state index contributed by atoms with van der Waals surface area (Å²) in [5, 5.41) is 5.58. The molecule has 0 bridgehead atoms. The molecule has 2 fully saturated rings. The summed E-state index contributed by atoms with van der Waals surface area (Å²) in [6.45, 7) is 1.01. The van der Waals surface area contributed by atoms with Gasteiger partial charge in [-0.1, -0.05) is 72.8 Å². The van der Waals surface area contributed by atoms with Crippen LogP contribution in [-0.2, 0) is 32.1 Å². The molecule has 5 atom stereocenters. The van der Waals surface area contributed by atoms with Crippen LogP contribution in [0.2, 0.25) is 0 Å². The fourth-order valence-corrected chi connectivity index (χ4v) is 7.02. The SMILES string of the molecule is NCCCC[C@H](NC(=O)[C@@H]1C[C@@H](OC(=O)N2CCC(N)C2)CN1C(=O)[C@@H](CCc1ccccc1)NC(=O)OCc1ccccc1)C(=O)c1nc2ccccc2o1. The predicted molar refractivity (Wildman–Crippen MR) is 206 cm³/mol. The van der Waals surface area contributed by atoms with Crippen molar-refractivity contribution in [2.45, 2.75) is 81.8 Å². The molecule has 2 aliphatic heterocycles. The Morgan fingerprint density at radius 1 is 0.857 bits per heavy atom. The number of hydrogen-bond acceptors (Lipinski definition) is 11. The highest BCUT2D eigenvalue weighted by molar-refractivity contribution is 6.01. The number of aryl methyl sites for hydroxylation is 1. The van der Waals surface area contributed by atoms with Crippen molar-refractivity contribution in [3.8, 4) is 0 Å². The van der Waals surface area contributed by atoms with Crippen molar-refractivity contribution in [3.05, 3.63) is 102 Å². The van der Waals surface area contributed by atoms with E-state index in [1.807, 2.05) is 60.7 Å². The summed E-state index contributed by atoms with van der Waals surface area (Å²) >= 11 is 0. The number of Topliss-reactive ketones (excluding diaryl/α,β-unsaturated/α-hetero) is 1. The summed E-state index contributed by atoms with van der Waals surface area (Å²) in [5.74, 6) is -1.88. The van der Waals surface area contributed by atoms with Crippen LogP contribution in [-0.4, -0.2) is 101 Å². The normalized spacial score (nSPS) is 19.0. The first-order chi connectivity index (χ1) is 27.2. The lowest BCUT2D eigenvalue weighted by molar-refractivity contribution is -0.140. The second kappa shape index (κ2) is 19.2. The zero-order valence-corrected chi connectivity index (χ0v) is 31.2. The third-order valence-electron chi connectivity index (χ3n) is 10.1. The lowest BCUT2D eigenvalue weighted by Crippen LogP contribution is -2.55. The minimum absolute atomic E-state index is 0.0150. The quantitative estimate of drug-likeness (QED) is 0.0954. The number of amides is 4. The molecular formula is C41H49N7O8. The van der Waals surface area contributed by atoms with Gasteiger partial charge in [-0.25, -0.2) is 14.6 Å². The first-order valence-corrected chi connectivity index (χ1v) is 19.1. The average Bonchev–Trinajstić information content (AvgIpc) is 3.97. The Balaban J connectivity index is 1.23. The van der Waals surface area contributed by atoms with E-state index >= 15 is 0 Å². The molecule has 1 aromatic heterocycles. The van der Waals surface area contributed by atoms with Crippen LogP contribution in [0, 0.1) is 0 Å². The molecule has 3 heterocycles. The summed E-state index contributed by atoms with van der Waals surface area (Å²) < 4.78 is 17.1. The summed E-state index contributed by atoms with van der Waals surface area (Å²) in [6, 6.07) is 22.1. The van der Waals surface area contributed by atoms with Crippen molar-refractivity contribution in [2.75, 3.05) is 26.2 Å². The van der Waals surface area contributed by atoms with Crippen LogP contribution >= 0.6 is 0 Å². The molecule has 2 saturated heterocycles.